The standard InChI is InChI=1S/C19H22N2O3S/c1-14-7-3-4-8-18(14)25(23,24)20-16-10-11-17(15(2)13-16)21-12-6-5-9-19(21)22/h3-4,7-8,10-11,13,20H,5-6,9,12H2,1-2H3. The van der Waals surface area contributed by atoms with Crippen molar-refractivity contribution < 1.29 is 13.2 Å². The number of piperidine rings is 1. The highest BCUT2D eigenvalue weighted by Gasteiger charge is 2.22. The molecule has 132 valence electrons. The molecule has 25 heavy (non-hydrogen) atoms. The molecule has 2 aromatic carbocycles. The number of benzene rings is 2. The molecule has 0 aromatic heterocycles. The molecule has 0 spiro atoms. The number of amides is 1. The number of carbonyl (C=O) groups excluding carboxylic acids is 1. The third kappa shape index (κ3) is 3.69. The van der Waals surface area contributed by atoms with Crippen molar-refractivity contribution in [2.45, 2.75) is 38.0 Å². The monoisotopic (exact) mass is 358 g/mol. The van der Waals surface area contributed by atoms with E-state index in [9.17, 15) is 13.2 Å². The van der Waals surface area contributed by atoms with E-state index in [1.165, 1.54) is 0 Å². The van der Waals surface area contributed by atoms with Crippen molar-refractivity contribution in [1.29, 1.82) is 0 Å². The van der Waals surface area contributed by atoms with Crippen LogP contribution in [0.1, 0.15) is 30.4 Å². The van der Waals surface area contributed by atoms with Crippen molar-refractivity contribution in [2.24, 2.45) is 0 Å². The number of rotatable bonds is 4. The SMILES string of the molecule is Cc1cc(NS(=O)(=O)c2ccccc2C)ccc1N1CCCCC1=O. The molecule has 1 aliphatic rings. The van der Waals surface area contributed by atoms with Crippen LogP contribution in [0.3, 0.4) is 0 Å². The lowest BCUT2D eigenvalue weighted by molar-refractivity contribution is -0.119. The average molecular weight is 358 g/mol. The number of hydrogen-bond donors (Lipinski definition) is 1. The number of nitrogens with zero attached hydrogens (tertiary/aromatic N) is 1. The molecule has 0 radical (unpaired) electrons. The number of anilines is 2. The molecular formula is C19H22N2O3S. The quantitative estimate of drug-likeness (QED) is 0.908. The van der Waals surface area contributed by atoms with Crippen LogP contribution in [0.15, 0.2) is 47.4 Å². The maximum Gasteiger partial charge on any atom is 0.262 e. The molecule has 1 N–H and O–H groups in total. The maximum atomic E-state index is 12.6. The number of aryl methyl sites for hydroxylation is 2. The van der Waals surface area contributed by atoms with Crippen LogP contribution in [0, 0.1) is 13.8 Å². The van der Waals surface area contributed by atoms with Gasteiger partial charge < -0.3 is 4.90 Å². The van der Waals surface area contributed by atoms with Gasteiger partial charge >= 0.3 is 0 Å². The predicted octanol–water partition coefficient (Wildman–Crippen LogP) is 3.62. The third-order valence-corrected chi connectivity index (χ3v) is 5.99. The second-order valence-electron chi connectivity index (χ2n) is 6.37. The van der Waals surface area contributed by atoms with Crippen molar-refractivity contribution in [3.05, 3.63) is 53.6 Å². The Morgan fingerprint density at radius 3 is 2.44 bits per heavy atom. The van der Waals surface area contributed by atoms with Gasteiger partial charge in [0, 0.05) is 24.3 Å². The molecule has 1 aliphatic heterocycles. The van der Waals surface area contributed by atoms with E-state index in [0.717, 1.165) is 24.1 Å². The first kappa shape index (κ1) is 17.5. The van der Waals surface area contributed by atoms with E-state index in [1.54, 1.807) is 42.2 Å². The molecule has 1 fully saturated rings. The van der Waals surface area contributed by atoms with E-state index in [0.29, 0.717) is 24.2 Å². The Kier molecular flexibility index (Phi) is 4.81. The van der Waals surface area contributed by atoms with Crippen molar-refractivity contribution >= 4 is 27.3 Å². The minimum Gasteiger partial charge on any atom is -0.312 e. The van der Waals surface area contributed by atoms with Crippen LogP contribution < -0.4 is 9.62 Å². The minimum absolute atomic E-state index is 0.127. The Morgan fingerprint density at radius 1 is 1.00 bits per heavy atom. The summed E-state index contributed by atoms with van der Waals surface area (Å²) >= 11 is 0. The van der Waals surface area contributed by atoms with Gasteiger partial charge in [-0.25, -0.2) is 8.42 Å². The number of nitrogens with one attached hydrogen (secondary N) is 1. The van der Waals surface area contributed by atoms with Gasteiger partial charge in [-0.1, -0.05) is 18.2 Å². The summed E-state index contributed by atoms with van der Waals surface area (Å²) in [4.78, 5) is 14.2. The fourth-order valence-corrected chi connectivity index (χ4v) is 4.45. The fourth-order valence-electron chi connectivity index (χ4n) is 3.15. The summed E-state index contributed by atoms with van der Waals surface area (Å²) in [6.45, 7) is 4.38. The van der Waals surface area contributed by atoms with Crippen molar-refractivity contribution in [3.63, 3.8) is 0 Å². The molecule has 0 saturated carbocycles. The van der Waals surface area contributed by atoms with E-state index in [4.69, 9.17) is 0 Å². The van der Waals surface area contributed by atoms with Crippen LogP contribution >= 0.6 is 0 Å². The highest BCUT2D eigenvalue weighted by atomic mass is 32.2. The number of carbonyl (C=O) groups is 1. The molecule has 0 bridgehead atoms. The molecule has 3 rings (SSSR count). The molecule has 0 atom stereocenters. The summed E-state index contributed by atoms with van der Waals surface area (Å²) in [6, 6.07) is 12.2. The van der Waals surface area contributed by atoms with Crippen LogP contribution in [-0.4, -0.2) is 20.9 Å². The summed E-state index contributed by atoms with van der Waals surface area (Å²) < 4.78 is 27.8. The maximum absolute atomic E-state index is 12.6. The Labute approximate surface area is 148 Å². The fraction of sp³-hybridized carbons (Fsp3) is 0.316. The second kappa shape index (κ2) is 6.88. The van der Waals surface area contributed by atoms with Crippen LogP contribution in [0.4, 0.5) is 11.4 Å². The van der Waals surface area contributed by atoms with Gasteiger partial charge in [-0.15, -0.1) is 0 Å². The zero-order chi connectivity index (χ0) is 18.0. The number of hydrogen-bond acceptors (Lipinski definition) is 3. The van der Waals surface area contributed by atoms with Gasteiger partial charge in [-0.3, -0.25) is 9.52 Å². The number of sulfonamides is 1. The van der Waals surface area contributed by atoms with Gasteiger partial charge in [0.05, 0.1) is 4.90 Å². The van der Waals surface area contributed by atoms with E-state index in [1.807, 2.05) is 19.1 Å². The topological polar surface area (TPSA) is 66.5 Å². The molecular weight excluding hydrogens is 336 g/mol. The van der Waals surface area contributed by atoms with E-state index in [2.05, 4.69) is 4.72 Å². The Hall–Kier alpha value is -2.34. The van der Waals surface area contributed by atoms with E-state index < -0.39 is 10.0 Å². The highest BCUT2D eigenvalue weighted by molar-refractivity contribution is 7.92. The van der Waals surface area contributed by atoms with Crippen LogP contribution in [0.2, 0.25) is 0 Å². The first-order chi connectivity index (χ1) is 11.9. The zero-order valence-corrected chi connectivity index (χ0v) is 15.3. The van der Waals surface area contributed by atoms with Gasteiger partial charge in [0.2, 0.25) is 5.91 Å². The van der Waals surface area contributed by atoms with Gasteiger partial charge in [0.15, 0.2) is 0 Å². The summed E-state index contributed by atoms with van der Waals surface area (Å²) in [5.74, 6) is 0.127. The summed E-state index contributed by atoms with van der Waals surface area (Å²) in [6.07, 6.45) is 2.50. The normalized spacial score (nSPS) is 15.3. The molecule has 0 aliphatic carbocycles. The third-order valence-electron chi connectivity index (χ3n) is 4.45. The van der Waals surface area contributed by atoms with Crippen molar-refractivity contribution in [3.8, 4) is 0 Å². The Balaban J connectivity index is 1.86. The van der Waals surface area contributed by atoms with E-state index >= 15 is 0 Å². The van der Waals surface area contributed by atoms with Crippen molar-refractivity contribution in [1.82, 2.24) is 0 Å². The van der Waals surface area contributed by atoms with Gasteiger partial charge in [0.1, 0.15) is 0 Å². The molecule has 6 heteroatoms. The second-order valence-corrected chi connectivity index (χ2v) is 8.03. The van der Waals surface area contributed by atoms with Crippen LogP contribution in [-0.2, 0) is 14.8 Å². The largest absolute Gasteiger partial charge is 0.312 e. The molecule has 0 unspecified atom stereocenters. The minimum atomic E-state index is -3.64. The van der Waals surface area contributed by atoms with Crippen molar-refractivity contribution in [2.75, 3.05) is 16.2 Å². The molecule has 1 amide bonds. The lowest BCUT2D eigenvalue weighted by Gasteiger charge is -2.28. The summed E-state index contributed by atoms with van der Waals surface area (Å²) in [5.41, 5.74) is 2.92. The molecule has 2 aromatic rings. The first-order valence-corrected chi connectivity index (χ1v) is 9.86. The Bertz CT molecular complexity index is 907. The lowest BCUT2D eigenvalue weighted by Crippen LogP contribution is -2.35. The van der Waals surface area contributed by atoms with Crippen LogP contribution in [0.5, 0.6) is 0 Å². The van der Waals surface area contributed by atoms with Gasteiger partial charge in [-0.05, 0) is 62.1 Å². The highest BCUT2D eigenvalue weighted by Crippen LogP contribution is 2.28. The van der Waals surface area contributed by atoms with Gasteiger partial charge in [0.25, 0.3) is 10.0 Å². The van der Waals surface area contributed by atoms with E-state index in [-0.39, 0.29) is 10.8 Å². The van der Waals surface area contributed by atoms with Crippen LogP contribution in [0.25, 0.3) is 0 Å². The van der Waals surface area contributed by atoms with Gasteiger partial charge in [-0.2, -0.15) is 0 Å². The zero-order valence-electron chi connectivity index (χ0n) is 14.5. The molecule has 1 saturated heterocycles. The average Bonchev–Trinajstić information content (AvgIpc) is 2.56. The molecule has 1 heterocycles. The molecule has 5 nitrogen and oxygen atoms in total. The summed E-state index contributed by atoms with van der Waals surface area (Å²) in [7, 11) is -3.64. The smallest absolute Gasteiger partial charge is 0.262 e. The predicted molar refractivity (Wildman–Crippen MR) is 99.4 cm³/mol. The Morgan fingerprint density at radius 2 is 1.76 bits per heavy atom. The lowest BCUT2D eigenvalue weighted by atomic mass is 10.1. The summed E-state index contributed by atoms with van der Waals surface area (Å²) in [5, 5.41) is 0. The first-order valence-electron chi connectivity index (χ1n) is 8.38.